The Hall–Kier alpha value is -1.56. The van der Waals surface area contributed by atoms with Crippen molar-refractivity contribution < 1.29 is 9.90 Å². The number of hydrogen-bond acceptors (Lipinski definition) is 3. The normalized spacial score (nSPS) is 12.4. The van der Waals surface area contributed by atoms with Gasteiger partial charge in [-0.2, -0.15) is 0 Å². The highest BCUT2D eigenvalue weighted by atomic mass is 35.5. The molecule has 82 valence electrons. The van der Waals surface area contributed by atoms with E-state index in [-0.39, 0.29) is 17.1 Å². The largest absolute Gasteiger partial charge is 0.481 e. The van der Waals surface area contributed by atoms with E-state index >= 15 is 0 Å². The average Bonchev–Trinajstić information content (AvgIpc) is 2.13. The van der Waals surface area contributed by atoms with Crippen LogP contribution in [-0.4, -0.2) is 21.0 Å². The molecule has 0 radical (unpaired) electrons. The summed E-state index contributed by atoms with van der Waals surface area (Å²) in [7, 11) is 0. The maximum Gasteiger partial charge on any atom is 0.325 e. The van der Waals surface area contributed by atoms with Crippen LogP contribution in [0, 0.1) is 5.92 Å². The highest BCUT2D eigenvalue weighted by Crippen LogP contribution is 2.11. The smallest absolute Gasteiger partial charge is 0.325 e. The lowest BCUT2D eigenvalue weighted by Crippen LogP contribution is -2.26. The zero-order chi connectivity index (χ0) is 11.6. The van der Waals surface area contributed by atoms with Crippen LogP contribution in [0.3, 0.4) is 0 Å². The van der Waals surface area contributed by atoms with Crippen LogP contribution in [0.2, 0.25) is 5.02 Å². The molecule has 7 heteroatoms. The number of carbonyl (C=O) groups is 1. The van der Waals surface area contributed by atoms with E-state index < -0.39 is 23.1 Å². The van der Waals surface area contributed by atoms with E-state index in [9.17, 15) is 14.4 Å². The SMILES string of the molecule is CC(Cc1[nH]c(=O)[nH]c(=O)c1Cl)C(=O)O. The van der Waals surface area contributed by atoms with Crippen molar-refractivity contribution >= 4 is 17.6 Å². The molecule has 0 spiro atoms. The highest BCUT2D eigenvalue weighted by Gasteiger charge is 2.15. The first kappa shape index (κ1) is 11.5. The molecule has 1 unspecified atom stereocenters. The topological polar surface area (TPSA) is 103 Å². The van der Waals surface area contributed by atoms with Crippen molar-refractivity contribution in [1.29, 1.82) is 0 Å². The van der Waals surface area contributed by atoms with Gasteiger partial charge in [-0.3, -0.25) is 14.6 Å². The van der Waals surface area contributed by atoms with Crippen LogP contribution < -0.4 is 11.2 Å². The standard InChI is InChI=1S/C8H9ClN2O4/c1-3(7(13)14)2-4-5(9)6(12)11-8(15)10-4/h3H,2H2,1H3,(H,13,14)(H2,10,11,12,15). The molecule has 15 heavy (non-hydrogen) atoms. The van der Waals surface area contributed by atoms with Gasteiger partial charge in [0.1, 0.15) is 5.02 Å². The summed E-state index contributed by atoms with van der Waals surface area (Å²) >= 11 is 5.61. The summed E-state index contributed by atoms with van der Waals surface area (Å²) in [6, 6.07) is 0. The number of carboxylic acid groups (broad SMARTS) is 1. The lowest BCUT2D eigenvalue weighted by molar-refractivity contribution is -0.141. The van der Waals surface area contributed by atoms with Gasteiger partial charge in [0, 0.05) is 12.1 Å². The van der Waals surface area contributed by atoms with Crippen molar-refractivity contribution in [2.24, 2.45) is 5.92 Å². The predicted molar refractivity (Wildman–Crippen MR) is 53.2 cm³/mol. The van der Waals surface area contributed by atoms with Crippen LogP contribution in [0.4, 0.5) is 0 Å². The molecule has 0 fully saturated rings. The molecule has 0 aliphatic heterocycles. The third-order valence-corrected chi connectivity index (χ3v) is 2.29. The second kappa shape index (κ2) is 4.31. The molecule has 1 aromatic rings. The maximum absolute atomic E-state index is 11.1. The first-order valence-electron chi connectivity index (χ1n) is 4.15. The maximum atomic E-state index is 11.1. The van der Waals surface area contributed by atoms with Gasteiger partial charge in [0.25, 0.3) is 5.56 Å². The average molecular weight is 233 g/mol. The molecular weight excluding hydrogens is 224 g/mol. The second-order valence-corrected chi connectivity index (χ2v) is 3.52. The summed E-state index contributed by atoms with van der Waals surface area (Å²) in [5.74, 6) is -1.74. The van der Waals surface area contributed by atoms with Crippen molar-refractivity contribution in [2.75, 3.05) is 0 Å². The number of halogens is 1. The molecule has 0 aliphatic rings. The van der Waals surface area contributed by atoms with Gasteiger partial charge in [0.05, 0.1) is 5.92 Å². The number of aromatic amines is 2. The van der Waals surface area contributed by atoms with Gasteiger partial charge in [-0.1, -0.05) is 18.5 Å². The van der Waals surface area contributed by atoms with E-state index in [4.69, 9.17) is 16.7 Å². The Bertz CT molecular complexity index is 490. The summed E-state index contributed by atoms with van der Waals surface area (Å²) in [5, 5.41) is 8.47. The molecule has 1 atom stereocenters. The summed E-state index contributed by atoms with van der Waals surface area (Å²) in [5.41, 5.74) is -1.27. The quantitative estimate of drug-likeness (QED) is 0.681. The minimum absolute atomic E-state index is 0.00727. The minimum atomic E-state index is -1.02. The van der Waals surface area contributed by atoms with E-state index in [2.05, 4.69) is 4.98 Å². The molecule has 6 nitrogen and oxygen atoms in total. The second-order valence-electron chi connectivity index (χ2n) is 3.14. The molecule has 0 amide bonds. The van der Waals surface area contributed by atoms with Crippen molar-refractivity contribution in [3.63, 3.8) is 0 Å². The van der Waals surface area contributed by atoms with E-state index in [1.165, 1.54) is 6.92 Å². The van der Waals surface area contributed by atoms with Crippen LogP contribution in [0.1, 0.15) is 12.6 Å². The summed E-state index contributed by atoms with van der Waals surface area (Å²) in [6.45, 7) is 1.46. The summed E-state index contributed by atoms with van der Waals surface area (Å²) < 4.78 is 0. The molecule has 1 heterocycles. The van der Waals surface area contributed by atoms with E-state index in [0.717, 1.165) is 0 Å². The lowest BCUT2D eigenvalue weighted by Gasteiger charge is -2.06. The van der Waals surface area contributed by atoms with Crippen LogP contribution in [0.25, 0.3) is 0 Å². The Morgan fingerprint density at radius 2 is 2.07 bits per heavy atom. The molecular formula is C8H9ClN2O4. The Labute approximate surface area is 88.9 Å². The van der Waals surface area contributed by atoms with Gasteiger partial charge < -0.3 is 10.1 Å². The fraction of sp³-hybridized carbons (Fsp3) is 0.375. The third kappa shape index (κ3) is 2.69. The number of hydrogen-bond donors (Lipinski definition) is 3. The lowest BCUT2D eigenvalue weighted by atomic mass is 10.1. The number of H-pyrrole nitrogens is 2. The van der Waals surface area contributed by atoms with Crippen LogP contribution in [0.15, 0.2) is 9.59 Å². The molecule has 0 saturated carbocycles. The van der Waals surface area contributed by atoms with E-state index in [1.807, 2.05) is 4.98 Å². The van der Waals surface area contributed by atoms with Gasteiger partial charge in [-0.25, -0.2) is 4.79 Å². The predicted octanol–water partition coefficient (Wildman–Crippen LogP) is -0.0202. The summed E-state index contributed by atoms with van der Waals surface area (Å²) in [6.07, 6.45) is 0.00727. The van der Waals surface area contributed by atoms with Crippen molar-refractivity contribution in [1.82, 2.24) is 9.97 Å². The van der Waals surface area contributed by atoms with E-state index in [0.29, 0.717) is 0 Å². The number of aliphatic carboxylic acids is 1. The molecule has 0 bridgehead atoms. The Kier molecular flexibility index (Phi) is 3.31. The molecule has 0 aromatic carbocycles. The number of nitrogens with one attached hydrogen (secondary N) is 2. The monoisotopic (exact) mass is 232 g/mol. The summed E-state index contributed by atoms with van der Waals surface area (Å²) in [4.78, 5) is 36.7. The van der Waals surface area contributed by atoms with Gasteiger partial charge in [0.15, 0.2) is 0 Å². The number of rotatable bonds is 3. The Morgan fingerprint density at radius 3 is 2.60 bits per heavy atom. The van der Waals surface area contributed by atoms with E-state index in [1.54, 1.807) is 0 Å². The molecule has 1 aromatic heterocycles. The number of aromatic nitrogens is 2. The van der Waals surface area contributed by atoms with Gasteiger partial charge in [-0.15, -0.1) is 0 Å². The van der Waals surface area contributed by atoms with Crippen LogP contribution >= 0.6 is 11.6 Å². The first-order valence-corrected chi connectivity index (χ1v) is 4.53. The number of carboxylic acids is 1. The molecule has 0 aliphatic carbocycles. The van der Waals surface area contributed by atoms with Crippen LogP contribution in [0.5, 0.6) is 0 Å². The van der Waals surface area contributed by atoms with Crippen molar-refractivity contribution in [3.05, 3.63) is 31.6 Å². The zero-order valence-corrected chi connectivity index (χ0v) is 8.59. The molecule has 0 saturated heterocycles. The minimum Gasteiger partial charge on any atom is -0.481 e. The van der Waals surface area contributed by atoms with Crippen molar-refractivity contribution in [2.45, 2.75) is 13.3 Å². The fourth-order valence-electron chi connectivity index (χ4n) is 1.05. The molecule has 1 rings (SSSR count). The van der Waals surface area contributed by atoms with Gasteiger partial charge in [-0.05, 0) is 0 Å². The van der Waals surface area contributed by atoms with Crippen LogP contribution in [-0.2, 0) is 11.2 Å². The third-order valence-electron chi connectivity index (χ3n) is 1.89. The van der Waals surface area contributed by atoms with Gasteiger partial charge in [0.2, 0.25) is 0 Å². The molecule has 3 N–H and O–H groups in total. The van der Waals surface area contributed by atoms with Crippen molar-refractivity contribution in [3.8, 4) is 0 Å². The highest BCUT2D eigenvalue weighted by molar-refractivity contribution is 6.31. The van der Waals surface area contributed by atoms with Gasteiger partial charge >= 0.3 is 11.7 Å². The Balaban J connectivity index is 3.10. The Morgan fingerprint density at radius 1 is 1.47 bits per heavy atom. The fourth-order valence-corrected chi connectivity index (χ4v) is 1.22. The first-order chi connectivity index (χ1) is 6.91. The zero-order valence-electron chi connectivity index (χ0n) is 7.83.